The second-order valence-electron chi connectivity index (χ2n) is 14.2. The van der Waals surface area contributed by atoms with Gasteiger partial charge in [0.2, 0.25) is 5.91 Å². The van der Waals surface area contributed by atoms with E-state index >= 15 is 0 Å². The molecule has 322 valence electrons. The van der Waals surface area contributed by atoms with E-state index in [1.807, 2.05) is 0 Å². The Bertz CT molecular complexity index is 2660. The predicted octanol–water partition coefficient (Wildman–Crippen LogP) is 3.39. The maximum atomic E-state index is 13.1. The highest BCUT2D eigenvalue weighted by Gasteiger charge is 2.41. The molecule has 6 rings (SSSR count). The van der Waals surface area contributed by atoms with E-state index in [9.17, 15) is 53.3 Å². The number of phenols is 1. The molecule has 3 atom stereocenters. The van der Waals surface area contributed by atoms with Crippen molar-refractivity contribution in [2.45, 2.75) is 50.5 Å². The van der Waals surface area contributed by atoms with Gasteiger partial charge in [0.05, 0.1) is 24.3 Å². The second-order valence-corrected chi connectivity index (χ2v) is 15.4. The normalized spacial score (nSPS) is 16.7. The van der Waals surface area contributed by atoms with Crippen LogP contribution in [0.1, 0.15) is 64.6 Å². The molecule has 1 aromatic heterocycles. The average molecular weight is 863 g/mol. The number of aromatic hydroxyl groups is 1. The number of nitrogens with zero attached hydrogens (tertiary/aromatic N) is 1. The maximum Gasteiger partial charge on any atom is 0.469 e. The summed E-state index contributed by atoms with van der Waals surface area (Å²) in [4.78, 5) is 95.8. The van der Waals surface area contributed by atoms with Crippen LogP contribution in [0.25, 0.3) is 39.5 Å². The fraction of sp³-hybridized carbons (Fsp3) is 0.317. The van der Waals surface area contributed by atoms with Crippen molar-refractivity contribution < 1.29 is 57.4 Å². The molecule has 7 N–H and O–H groups in total. The minimum Gasteiger partial charge on any atom is -0.508 e. The number of fused-ring (bicyclic) bond motifs is 2. The van der Waals surface area contributed by atoms with Crippen LogP contribution in [0.2, 0.25) is 0 Å². The Morgan fingerprint density at radius 2 is 1.74 bits per heavy atom. The Kier molecular flexibility index (Phi) is 14.3. The number of carbonyl (C=O) groups is 3. The monoisotopic (exact) mass is 862 g/mol. The summed E-state index contributed by atoms with van der Waals surface area (Å²) in [5.41, 5.74) is -0.352. The van der Waals surface area contributed by atoms with Crippen LogP contribution in [0.3, 0.4) is 0 Å². The average Bonchev–Trinajstić information content (AvgIpc) is 3.58. The van der Waals surface area contributed by atoms with Gasteiger partial charge in [-0.15, -0.1) is 0 Å². The second kappa shape index (κ2) is 19.6. The van der Waals surface area contributed by atoms with E-state index in [0.717, 1.165) is 29.9 Å². The summed E-state index contributed by atoms with van der Waals surface area (Å²) in [6.45, 7) is 0.747. The van der Waals surface area contributed by atoms with E-state index in [0.29, 0.717) is 41.6 Å². The van der Waals surface area contributed by atoms with Gasteiger partial charge < -0.3 is 44.5 Å². The van der Waals surface area contributed by atoms with Gasteiger partial charge in [0, 0.05) is 66.6 Å². The van der Waals surface area contributed by atoms with Crippen LogP contribution in [0.4, 0.5) is 0 Å². The van der Waals surface area contributed by atoms with Crippen molar-refractivity contribution in [2.75, 3.05) is 33.4 Å². The quantitative estimate of drug-likeness (QED) is 0.0206. The number of carbonyl (C=O) groups excluding carboxylic acids is 2. The maximum absolute atomic E-state index is 13.1. The lowest BCUT2D eigenvalue weighted by Crippen LogP contribution is -2.33. The Labute approximate surface area is 346 Å². The number of Topliss-reactive ketones (excluding diaryl/α,β-unsaturated/α-hetero) is 1. The number of ether oxygens (including phenoxy) is 2. The van der Waals surface area contributed by atoms with Crippen molar-refractivity contribution in [2.24, 2.45) is 0 Å². The highest BCUT2D eigenvalue weighted by molar-refractivity contribution is 7.46. The van der Waals surface area contributed by atoms with Crippen LogP contribution < -0.4 is 27.3 Å². The fourth-order valence-electron chi connectivity index (χ4n) is 7.04. The van der Waals surface area contributed by atoms with Gasteiger partial charge in [-0.05, 0) is 61.4 Å². The number of carboxylic acid groups (broad SMARTS) is 1. The molecule has 0 radical (unpaired) electrons. The van der Waals surface area contributed by atoms with E-state index < -0.39 is 49.4 Å². The Morgan fingerprint density at radius 3 is 2.48 bits per heavy atom. The molecule has 0 saturated carbocycles. The standard InChI is InChI=1S/C41H43N4O15P/c1-57-22-35-34(60-61(54,55)56)19-37(59-35)45-21-24(39(50)44-41(45)53)7-13-36(49)43-15-5-3-2-4-14-42-20-31(48)23-6-10-27(30(16-23)40(51)52)38-28-11-8-25(46)17-32(28)58-33-18-26(47)9-12-29(33)38/h6-13,16-18,21,34-35,37,42,46H,2-5,14-15,19-20,22H2,1H3,(H,43,49)(H,51,52)(H,44,50,53)(H2,54,55,56)/b13-7+/t34-,35+,37+/m0/s1. The molecular formula is C41H43N4O15P. The summed E-state index contributed by atoms with van der Waals surface area (Å²) < 4.78 is 33.9. The molecular weight excluding hydrogens is 819 g/mol. The van der Waals surface area contributed by atoms with Crippen LogP contribution in [0.5, 0.6) is 5.75 Å². The third-order valence-electron chi connectivity index (χ3n) is 9.89. The van der Waals surface area contributed by atoms with Crippen molar-refractivity contribution in [1.82, 2.24) is 20.2 Å². The Morgan fingerprint density at radius 1 is 0.984 bits per heavy atom. The number of hydrogen-bond acceptors (Lipinski definition) is 13. The van der Waals surface area contributed by atoms with Gasteiger partial charge in [-0.25, -0.2) is 14.2 Å². The Balaban J connectivity index is 0.954. The van der Waals surface area contributed by atoms with Crippen LogP contribution >= 0.6 is 7.82 Å². The van der Waals surface area contributed by atoms with E-state index in [4.69, 9.17) is 18.4 Å². The number of H-pyrrole nitrogens is 1. The molecule has 19 nitrogen and oxygen atoms in total. The van der Waals surface area contributed by atoms with Crippen LogP contribution in [0, 0.1) is 0 Å². The molecule has 2 aromatic carbocycles. The predicted molar refractivity (Wildman–Crippen MR) is 220 cm³/mol. The first-order valence-corrected chi connectivity index (χ1v) is 20.7. The number of aromatic amines is 1. The first kappa shape index (κ1) is 44.5. The summed E-state index contributed by atoms with van der Waals surface area (Å²) in [6, 6.07) is 13.0. The highest BCUT2D eigenvalue weighted by Crippen LogP contribution is 2.44. The van der Waals surface area contributed by atoms with Crippen molar-refractivity contribution >= 4 is 42.5 Å². The van der Waals surface area contributed by atoms with Gasteiger partial charge in [0.15, 0.2) is 11.2 Å². The molecule has 20 heteroatoms. The van der Waals surface area contributed by atoms with Gasteiger partial charge >= 0.3 is 19.5 Å². The number of benzene rings is 3. The lowest BCUT2D eigenvalue weighted by molar-refractivity contribution is -0.116. The van der Waals surface area contributed by atoms with Crippen LogP contribution in [-0.4, -0.2) is 92.8 Å². The minimum absolute atomic E-state index is 0.0314. The lowest BCUT2D eigenvalue weighted by Gasteiger charge is -2.18. The zero-order valence-corrected chi connectivity index (χ0v) is 33.6. The van der Waals surface area contributed by atoms with Crippen LogP contribution in [-0.2, 0) is 23.4 Å². The molecule has 0 unspecified atom stereocenters. The SMILES string of the molecule is COC[C@H]1O[C@@H](n2cc(/C=C/C(=O)NCCCCCCNCC(=O)c3ccc(-c4c5ccc(=O)cc-5oc5cc(O)ccc45)c(C(=O)O)c3)c(=O)[nH]c2=O)C[C@@H]1OP(=O)(O)O. The number of phosphoric ester groups is 1. The molecule has 1 amide bonds. The summed E-state index contributed by atoms with van der Waals surface area (Å²) in [7, 11) is -3.52. The molecule has 3 aromatic rings. The lowest BCUT2D eigenvalue weighted by atomic mass is 9.89. The third kappa shape index (κ3) is 11.2. The smallest absolute Gasteiger partial charge is 0.469 e. The Hall–Kier alpha value is -6.05. The number of nitrogens with one attached hydrogen (secondary N) is 3. The van der Waals surface area contributed by atoms with E-state index in [1.54, 1.807) is 24.3 Å². The molecule has 1 saturated heterocycles. The zero-order chi connectivity index (χ0) is 43.8. The molecule has 3 aliphatic rings. The summed E-state index contributed by atoms with van der Waals surface area (Å²) in [5.74, 6) is -1.91. The minimum atomic E-state index is -4.88. The number of hydrogen-bond donors (Lipinski definition) is 7. The summed E-state index contributed by atoms with van der Waals surface area (Å²) in [5, 5.41) is 26.6. The van der Waals surface area contributed by atoms with Gasteiger partial charge in [0.1, 0.15) is 35.5 Å². The number of aromatic carboxylic acids is 1. The van der Waals surface area contributed by atoms with Gasteiger partial charge in [-0.2, -0.15) is 0 Å². The number of aromatic nitrogens is 2. The van der Waals surface area contributed by atoms with Crippen molar-refractivity contribution in [1.29, 1.82) is 0 Å². The molecule has 61 heavy (non-hydrogen) atoms. The number of amides is 1. The number of phenolic OH excluding ortho intramolecular Hbond substituents is 1. The number of phosphoric acid groups is 1. The van der Waals surface area contributed by atoms with Crippen molar-refractivity contribution in [3.63, 3.8) is 0 Å². The number of methoxy groups -OCH3 is 1. The van der Waals surface area contributed by atoms with Gasteiger partial charge in [-0.3, -0.25) is 33.3 Å². The van der Waals surface area contributed by atoms with Crippen molar-refractivity contribution in [3.05, 3.63) is 115 Å². The largest absolute Gasteiger partial charge is 0.508 e. The third-order valence-corrected chi connectivity index (χ3v) is 10.4. The molecule has 3 heterocycles. The first-order chi connectivity index (χ1) is 29.1. The van der Waals surface area contributed by atoms with E-state index in [-0.39, 0.29) is 64.6 Å². The highest BCUT2D eigenvalue weighted by atomic mass is 31.2. The topological polar surface area (TPSA) is 286 Å². The van der Waals surface area contributed by atoms with Crippen molar-refractivity contribution in [3.8, 4) is 28.2 Å². The number of rotatable bonds is 19. The number of unbranched alkanes of at least 4 members (excludes halogenated alkanes) is 3. The first-order valence-electron chi connectivity index (χ1n) is 19.1. The van der Waals surface area contributed by atoms with Gasteiger partial charge in [-0.1, -0.05) is 25.0 Å². The number of ketones is 1. The van der Waals surface area contributed by atoms with Gasteiger partial charge in [0.25, 0.3) is 5.56 Å². The zero-order valence-electron chi connectivity index (χ0n) is 32.7. The summed E-state index contributed by atoms with van der Waals surface area (Å²) >= 11 is 0. The molecule has 0 spiro atoms. The van der Waals surface area contributed by atoms with Crippen LogP contribution in [0.15, 0.2) is 85.7 Å². The van der Waals surface area contributed by atoms with E-state index in [1.165, 1.54) is 49.7 Å². The molecule has 1 fully saturated rings. The summed E-state index contributed by atoms with van der Waals surface area (Å²) in [6.07, 6.45) is 3.28. The number of carboxylic acids is 1. The molecule has 1 aliphatic carbocycles. The van der Waals surface area contributed by atoms with E-state index in [2.05, 4.69) is 15.6 Å². The molecule has 0 bridgehead atoms. The fourth-order valence-corrected chi connectivity index (χ4v) is 7.61. The molecule has 2 aliphatic heterocycles.